The summed E-state index contributed by atoms with van der Waals surface area (Å²) in [6, 6.07) is 5.62. The highest BCUT2D eigenvalue weighted by Crippen LogP contribution is 2.29. The van der Waals surface area contributed by atoms with Gasteiger partial charge in [-0.2, -0.15) is 0 Å². The zero-order valence-electron chi connectivity index (χ0n) is 9.82. The number of benzene rings is 1. The number of nitrogens with one attached hydrogen (secondary N) is 1. The summed E-state index contributed by atoms with van der Waals surface area (Å²) in [6.07, 6.45) is 4.99. The van der Waals surface area contributed by atoms with Crippen LogP contribution in [0.4, 0.5) is 11.4 Å². The summed E-state index contributed by atoms with van der Waals surface area (Å²) < 4.78 is 0. The minimum absolute atomic E-state index is 0.0817. The molecular formula is C13H19ClN2O. The number of halogens is 1. The van der Waals surface area contributed by atoms with Crippen LogP contribution in [-0.4, -0.2) is 17.3 Å². The van der Waals surface area contributed by atoms with Gasteiger partial charge >= 0.3 is 0 Å². The molecule has 1 aromatic rings. The number of aliphatic hydroxyl groups excluding tert-OH is 1. The van der Waals surface area contributed by atoms with Crippen molar-refractivity contribution in [3.05, 3.63) is 23.2 Å². The fourth-order valence-corrected chi connectivity index (χ4v) is 2.49. The van der Waals surface area contributed by atoms with Crippen LogP contribution in [0.1, 0.15) is 32.1 Å². The van der Waals surface area contributed by atoms with Crippen molar-refractivity contribution in [2.45, 2.75) is 44.2 Å². The van der Waals surface area contributed by atoms with Crippen molar-refractivity contribution in [1.29, 1.82) is 0 Å². The topological polar surface area (TPSA) is 58.3 Å². The molecule has 3 nitrogen and oxygen atoms in total. The summed E-state index contributed by atoms with van der Waals surface area (Å²) in [6.45, 7) is 0. The fourth-order valence-electron chi connectivity index (χ4n) is 2.32. The maximum Gasteiger partial charge on any atom is 0.0741 e. The predicted octanol–water partition coefficient (Wildman–Crippen LogP) is 3.03. The number of para-hydroxylation sites is 1. The molecule has 1 fully saturated rings. The lowest BCUT2D eigenvalue weighted by atomic mass is 10.1. The Balaban J connectivity index is 2.10. The van der Waals surface area contributed by atoms with E-state index in [2.05, 4.69) is 5.32 Å². The Bertz CT molecular complexity index is 384. The number of anilines is 2. The molecule has 17 heavy (non-hydrogen) atoms. The van der Waals surface area contributed by atoms with E-state index in [0.29, 0.717) is 10.7 Å². The van der Waals surface area contributed by atoms with Gasteiger partial charge in [-0.25, -0.2) is 0 Å². The number of hydrogen-bond acceptors (Lipinski definition) is 3. The molecule has 1 aliphatic rings. The van der Waals surface area contributed by atoms with Crippen LogP contribution >= 0.6 is 11.6 Å². The molecule has 0 aliphatic heterocycles. The van der Waals surface area contributed by atoms with Gasteiger partial charge in [0.25, 0.3) is 0 Å². The van der Waals surface area contributed by atoms with Crippen LogP contribution in [0.25, 0.3) is 0 Å². The first-order chi connectivity index (χ1) is 8.18. The zero-order valence-corrected chi connectivity index (χ0v) is 10.6. The molecule has 1 saturated carbocycles. The third kappa shape index (κ3) is 3.05. The van der Waals surface area contributed by atoms with Crippen molar-refractivity contribution in [2.75, 3.05) is 11.1 Å². The van der Waals surface area contributed by atoms with Crippen LogP contribution in [0, 0.1) is 0 Å². The molecule has 0 saturated heterocycles. The summed E-state index contributed by atoms with van der Waals surface area (Å²) in [5.41, 5.74) is 7.29. The van der Waals surface area contributed by atoms with Crippen LogP contribution in [-0.2, 0) is 0 Å². The van der Waals surface area contributed by atoms with Gasteiger partial charge in [0.15, 0.2) is 0 Å². The smallest absolute Gasteiger partial charge is 0.0741 e. The van der Waals surface area contributed by atoms with Gasteiger partial charge in [-0.05, 0) is 25.0 Å². The zero-order chi connectivity index (χ0) is 12.3. The lowest BCUT2D eigenvalue weighted by Crippen LogP contribution is -2.32. The molecule has 94 valence electrons. The van der Waals surface area contributed by atoms with Gasteiger partial charge in [0.1, 0.15) is 0 Å². The Morgan fingerprint density at radius 1 is 1.24 bits per heavy atom. The molecule has 4 heteroatoms. The minimum atomic E-state index is -0.295. The first-order valence-electron chi connectivity index (χ1n) is 6.17. The molecule has 1 aliphatic carbocycles. The van der Waals surface area contributed by atoms with E-state index in [-0.39, 0.29) is 12.1 Å². The first-order valence-corrected chi connectivity index (χ1v) is 6.55. The van der Waals surface area contributed by atoms with Crippen molar-refractivity contribution in [1.82, 2.24) is 0 Å². The second-order valence-electron chi connectivity index (χ2n) is 4.66. The van der Waals surface area contributed by atoms with Crippen LogP contribution in [0.2, 0.25) is 5.02 Å². The highest BCUT2D eigenvalue weighted by molar-refractivity contribution is 6.33. The van der Waals surface area contributed by atoms with E-state index >= 15 is 0 Å². The summed E-state index contributed by atoms with van der Waals surface area (Å²) in [5, 5.41) is 13.9. The van der Waals surface area contributed by atoms with Gasteiger partial charge < -0.3 is 16.2 Å². The summed E-state index contributed by atoms with van der Waals surface area (Å²) in [5.74, 6) is 0. The van der Waals surface area contributed by atoms with Gasteiger partial charge in [-0.3, -0.25) is 0 Å². The standard InChI is InChI=1S/C13H19ClN2O/c14-9-5-4-7-11(13(9)15)16-10-6-2-1-3-8-12(10)17/h4-5,7,10,12,16-17H,1-3,6,8,15H2. The second kappa shape index (κ2) is 5.61. The number of aliphatic hydroxyl groups is 1. The Labute approximate surface area is 107 Å². The molecular weight excluding hydrogens is 236 g/mol. The molecule has 0 radical (unpaired) electrons. The number of nitrogens with two attached hydrogens (primary N) is 1. The highest BCUT2D eigenvalue weighted by atomic mass is 35.5. The molecule has 2 atom stereocenters. The molecule has 0 heterocycles. The normalized spacial score (nSPS) is 25.3. The van der Waals surface area contributed by atoms with Gasteiger partial charge in [0.2, 0.25) is 0 Å². The predicted molar refractivity (Wildman–Crippen MR) is 72.4 cm³/mol. The van der Waals surface area contributed by atoms with Gasteiger partial charge in [0, 0.05) is 0 Å². The van der Waals surface area contributed by atoms with E-state index in [1.165, 1.54) is 6.42 Å². The van der Waals surface area contributed by atoms with E-state index in [4.69, 9.17) is 17.3 Å². The molecule has 4 N–H and O–H groups in total. The number of rotatable bonds is 2. The van der Waals surface area contributed by atoms with Crippen LogP contribution in [0.15, 0.2) is 18.2 Å². The third-order valence-corrected chi connectivity index (χ3v) is 3.70. The second-order valence-corrected chi connectivity index (χ2v) is 5.06. The largest absolute Gasteiger partial charge is 0.396 e. The van der Waals surface area contributed by atoms with Crippen molar-refractivity contribution in [3.8, 4) is 0 Å². The Morgan fingerprint density at radius 3 is 2.82 bits per heavy atom. The van der Waals surface area contributed by atoms with Crippen LogP contribution in [0.3, 0.4) is 0 Å². The summed E-state index contributed by atoms with van der Waals surface area (Å²) >= 11 is 5.97. The molecule has 0 aromatic heterocycles. The molecule has 1 aromatic carbocycles. The first kappa shape index (κ1) is 12.5. The molecule has 0 bridgehead atoms. The maximum atomic E-state index is 10.0. The Morgan fingerprint density at radius 2 is 2.00 bits per heavy atom. The lowest BCUT2D eigenvalue weighted by Gasteiger charge is -2.24. The van der Waals surface area contributed by atoms with Crippen molar-refractivity contribution < 1.29 is 5.11 Å². The average Bonchev–Trinajstić information content (AvgIpc) is 2.51. The molecule has 0 amide bonds. The van der Waals surface area contributed by atoms with E-state index in [1.54, 1.807) is 6.07 Å². The quantitative estimate of drug-likeness (QED) is 0.562. The average molecular weight is 255 g/mol. The summed E-state index contributed by atoms with van der Waals surface area (Å²) in [4.78, 5) is 0. The van der Waals surface area contributed by atoms with Gasteiger partial charge in [-0.1, -0.05) is 36.9 Å². The lowest BCUT2D eigenvalue weighted by molar-refractivity contribution is 0.144. The van der Waals surface area contributed by atoms with Gasteiger partial charge in [-0.15, -0.1) is 0 Å². The van der Waals surface area contributed by atoms with Crippen molar-refractivity contribution in [2.24, 2.45) is 0 Å². The minimum Gasteiger partial charge on any atom is -0.396 e. The number of hydrogen-bond donors (Lipinski definition) is 3. The number of nitrogen functional groups attached to an aromatic ring is 1. The van der Waals surface area contributed by atoms with E-state index in [0.717, 1.165) is 31.4 Å². The van der Waals surface area contributed by atoms with Crippen LogP contribution in [0.5, 0.6) is 0 Å². The molecule has 0 spiro atoms. The highest BCUT2D eigenvalue weighted by Gasteiger charge is 2.22. The van der Waals surface area contributed by atoms with Crippen molar-refractivity contribution in [3.63, 3.8) is 0 Å². The third-order valence-electron chi connectivity index (χ3n) is 3.37. The van der Waals surface area contributed by atoms with E-state index in [9.17, 15) is 5.11 Å². The van der Waals surface area contributed by atoms with Crippen LogP contribution < -0.4 is 11.1 Å². The van der Waals surface area contributed by atoms with Crippen molar-refractivity contribution >= 4 is 23.0 Å². The molecule has 2 unspecified atom stereocenters. The van der Waals surface area contributed by atoms with E-state index in [1.807, 2.05) is 12.1 Å². The summed E-state index contributed by atoms with van der Waals surface area (Å²) in [7, 11) is 0. The Hall–Kier alpha value is -0.930. The maximum absolute atomic E-state index is 10.0. The Kier molecular flexibility index (Phi) is 4.13. The SMILES string of the molecule is Nc1c(Cl)cccc1NC1CCCCCC1O. The molecule has 2 rings (SSSR count). The monoisotopic (exact) mass is 254 g/mol. The van der Waals surface area contributed by atoms with E-state index < -0.39 is 0 Å². The van der Waals surface area contributed by atoms with Gasteiger partial charge in [0.05, 0.1) is 28.5 Å². The fraction of sp³-hybridized carbons (Fsp3) is 0.538.